The zero-order valence-electron chi connectivity index (χ0n) is 11.8. The average molecular weight is 256 g/mol. The predicted molar refractivity (Wildman–Crippen MR) is 81.0 cm³/mol. The molecule has 0 amide bonds. The molecule has 0 saturated carbocycles. The van der Waals surface area contributed by atoms with Crippen molar-refractivity contribution < 1.29 is 0 Å². The number of hydrogen-bond donors (Lipinski definition) is 1. The van der Waals surface area contributed by atoms with E-state index >= 15 is 0 Å². The normalized spacial score (nSPS) is 24.0. The van der Waals surface area contributed by atoms with Crippen molar-refractivity contribution in [1.29, 1.82) is 0 Å². The summed E-state index contributed by atoms with van der Waals surface area (Å²) in [5.41, 5.74) is 1.41. The van der Waals surface area contributed by atoms with Gasteiger partial charge in [0.05, 0.1) is 0 Å². The maximum Gasteiger partial charge on any atom is 0.0236 e. The molecule has 2 nitrogen and oxygen atoms in total. The highest BCUT2D eigenvalue weighted by molar-refractivity contribution is 5.16. The molecule has 2 rings (SSSR count). The fourth-order valence-corrected chi connectivity index (χ4v) is 2.73. The minimum Gasteiger partial charge on any atom is -0.311 e. The van der Waals surface area contributed by atoms with Crippen molar-refractivity contribution in [1.82, 2.24) is 10.2 Å². The molecule has 0 bridgehead atoms. The Hall–Kier alpha value is -1.30. The van der Waals surface area contributed by atoms with Crippen LogP contribution in [0.2, 0.25) is 0 Å². The number of hydrogen-bond acceptors (Lipinski definition) is 2. The molecular formula is C17H24N2. The number of unbranched alkanes of at least 4 members (excludes halogenated alkanes) is 1. The van der Waals surface area contributed by atoms with E-state index in [0.717, 1.165) is 38.9 Å². The van der Waals surface area contributed by atoms with Crippen molar-refractivity contribution in [2.45, 2.75) is 38.3 Å². The van der Waals surface area contributed by atoms with E-state index in [1.165, 1.54) is 5.56 Å². The highest BCUT2D eigenvalue weighted by Crippen LogP contribution is 2.12. The van der Waals surface area contributed by atoms with Gasteiger partial charge in [0, 0.05) is 31.6 Å². The van der Waals surface area contributed by atoms with E-state index in [0.29, 0.717) is 12.1 Å². The van der Waals surface area contributed by atoms with Gasteiger partial charge in [0.15, 0.2) is 0 Å². The van der Waals surface area contributed by atoms with Crippen LogP contribution in [0.25, 0.3) is 0 Å². The number of benzene rings is 1. The van der Waals surface area contributed by atoms with Gasteiger partial charge < -0.3 is 5.32 Å². The van der Waals surface area contributed by atoms with E-state index in [2.05, 4.69) is 53.4 Å². The summed E-state index contributed by atoms with van der Waals surface area (Å²) in [7, 11) is 0. The Morgan fingerprint density at radius 3 is 2.89 bits per heavy atom. The fraction of sp³-hybridized carbons (Fsp3) is 0.529. The van der Waals surface area contributed by atoms with E-state index in [1.54, 1.807) is 0 Å². The minimum atomic E-state index is 0.560. The van der Waals surface area contributed by atoms with Gasteiger partial charge in [-0.3, -0.25) is 4.90 Å². The van der Waals surface area contributed by atoms with Gasteiger partial charge in [-0.05, 0) is 31.9 Å². The molecule has 1 aromatic carbocycles. The summed E-state index contributed by atoms with van der Waals surface area (Å²) >= 11 is 0. The Bertz CT molecular complexity index is 407. The van der Waals surface area contributed by atoms with Crippen molar-refractivity contribution in [3.63, 3.8) is 0 Å². The summed E-state index contributed by atoms with van der Waals surface area (Å²) in [5, 5.41) is 3.66. The fourth-order valence-electron chi connectivity index (χ4n) is 2.73. The van der Waals surface area contributed by atoms with Gasteiger partial charge in [0.1, 0.15) is 0 Å². The van der Waals surface area contributed by atoms with Crippen LogP contribution in [0, 0.1) is 12.3 Å². The molecule has 0 spiro atoms. The highest BCUT2D eigenvalue weighted by Gasteiger charge is 2.24. The average Bonchev–Trinajstić information content (AvgIpc) is 2.44. The lowest BCUT2D eigenvalue weighted by molar-refractivity contribution is 0.139. The molecule has 1 aromatic rings. The van der Waals surface area contributed by atoms with Crippen molar-refractivity contribution >= 4 is 0 Å². The van der Waals surface area contributed by atoms with Crippen LogP contribution < -0.4 is 5.32 Å². The van der Waals surface area contributed by atoms with E-state index in [1.807, 2.05) is 0 Å². The number of rotatable bonds is 5. The van der Waals surface area contributed by atoms with Gasteiger partial charge in [0.2, 0.25) is 0 Å². The number of nitrogens with one attached hydrogen (secondary N) is 1. The van der Waals surface area contributed by atoms with Crippen LogP contribution in [0.15, 0.2) is 30.3 Å². The highest BCUT2D eigenvalue weighted by atomic mass is 15.2. The maximum atomic E-state index is 5.33. The Morgan fingerprint density at radius 2 is 2.16 bits per heavy atom. The summed E-state index contributed by atoms with van der Waals surface area (Å²) in [5.74, 6) is 2.73. The SMILES string of the molecule is C#CCCCN1CC(Cc2ccccc2)NCC1C. The second-order valence-corrected chi connectivity index (χ2v) is 5.45. The summed E-state index contributed by atoms with van der Waals surface area (Å²) in [4.78, 5) is 2.57. The third kappa shape index (κ3) is 4.38. The molecule has 2 heteroatoms. The zero-order chi connectivity index (χ0) is 13.5. The van der Waals surface area contributed by atoms with Gasteiger partial charge in [-0.2, -0.15) is 0 Å². The van der Waals surface area contributed by atoms with E-state index < -0.39 is 0 Å². The topological polar surface area (TPSA) is 15.3 Å². The van der Waals surface area contributed by atoms with Crippen LogP contribution in [-0.4, -0.2) is 36.6 Å². The molecule has 1 aliphatic rings. The molecule has 0 aromatic heterocycles. The Labute approximate surface area is 117 Å². The lowest BCUT2D eigenvalue weighted by Crippen LogP contribution is -2.56. The lowest BCUT2D eigenvalue weighted by atomic mass is 10.0. The first kappa shape index (κ1) is 14.1. The zero-order valence-corrected chi connectivity index (χ0v) is 11.8. The third-order valence-corrected chi connectivity index (χ3v) is 3.87. The number of nitrogens with zero attached hydrogens (tertiary/aromatic N) is 1. The van der Waals surface area contributed by atoms with Crippen molar-refractivity contribution in [2.24, 2.45) is 0 Å². The van der Waals surface area contributed by atoms with Gasteiger partial charge >= 0.3 is 0 Å². The Kier molecular flexibility index (Phi) is 5.44. The molecule has 2 atom stereocenters. The monoisotopic (exact) mass is 256 g/mol. The van der Waals surface area contributed by atoms with Crippen LogP contribution in [0.3, 0.4) is 0 Å². The molecule has 2 unspecified atom stereocenters. The van der Waals surface area contributed by atoms with Gasteiger partial charge in [0.25, 0.3) is 0 Å². The molecule has 19 heavy (non-hydrogen) atoms. The maximum absolute atomic E-state index is 5.33. The van der Waals surface area contributed by atoms with Gasteiger partial charge in [-0.15, -0.1) is 12.3 Å². The lowest BCUT2D eigenvalue weighted by Gasteiger charge is -2.39. The van der Waals surface area contributed by atoms with E-state index in [9.17, 15) is 0 Å². The molecule has 1 N–H and O–H groups in total. The largest absolute Gasteiger partial charge is 0.311 e. The van der Waals surface area contributed by atoms with Crippen molar-refractivity contribution in [3.05, 3.63) is 35.9 Å². The summed E-state index contributed by atoms with van der Waals surface area (Å²) in [6, 6.07) is 11.9. The molecule has 0 radical (unpaired) electrons. The summed E-state index contributed by atoms with van der Waals surface area (Å²) in [6.07, 6.45) is 8.44. The first-order valence-corrected chi connectivity index (χ1v) is 7.24. The van der Waals surface area contributed by atoms with E-state index in [4.69, 9.17) is 6.42 Å². The van der Waals surface area contributed by atoms with Crippen molar-refractivity contribution in [2.75, 3.05) is 19.6 Å². The number of terminal acetylenes is 1. The van der Waals surface area contributed by atoms with Crippen LogP contribution in [0.5, 0.6) is 0 Å². The van der Waals surface area contributed by atoms with Gasteiger partial charge in [-0.1, -0.05) is 30.3 Å². The third-order valence-electron chi connectivity index (χ3n) is 3.87. The van der Waals surface area contributed by atoms with E-state index in [-0.39, 0.29) is 0 Å². The van der Waals surface area contributed by atoms with Crippen LogP contribution in [0.1, 0.15) is 25.3 Å². The van der Waals surface area contributed by atoms with Crippen LogP contribution in [0.4, 0.5) is 0 Å². The standard InChI is InChI=1S/C17H24N2/c1-3-4-8-11-19-14-17(18-13-15(19)2)12-16-9-6-5-7-10-16/h1,5-7,9-10,15,17-18H,4,8,11-14H2,2H3. The second kappa shape index (κ2) is 7.33. The second-order valence-electron chi connectivity index (χ2n) is 5.45. The first-order chi connectivity index (χ1) is 9.29. The summed E-state index contributed by atoms with van der Waals surface area (Å²) < 4.78 is 0. The Balaban J connectivity index is 1.85. The predicted octanol–water partition coefficient (Wildman–Crippen LogP) is 2.30. The molecule has 1 saturated heterocycles. The molecule has 1 heterocycles. The van der Waals surface area contributed by atoms with Crippen LogP contribution >= 0.6 is 0 Å². The molecule has 102 valence electrons. The van der Waals surface area contributed by atoms with Gasteiger partial charge in [-0.25, -0.2) is 0 Å². The van der Waals surface area contributed by atoms with Crippen LogP contribution in [-0.2, 0) is 6.42 Å². The summed E-state index contributed by atoms with van der Waals surface area (Å²) in [6.45, 7) is 5.62. The molecule has 0 aliphatic carbocycles. The molecule has 1 aliphatic heterocycles. The quantitative estimate of drug-likeness (QED) is 0.642. The first-order valence-electron chi connectivity index (χ1n) is 7.24. The Morgan fingerprint density at radius 1 is 1.37 bits per heavy atom. The number of piperazine rings is 1. The molecular weight excluding hydrogens is 232 g/mol. The smallest absolute Gasteiger partial charge is 0.0236 e. The van der Waals surface area contributed by atoms with Crippen molar-refractivity contribution in [3.8, 4) is 12.3 Å². The minimum absolute atomic E-state index is 0.560. The molecule has 1 fully saturated rings.